The van der Waals surface area contributed by atoms with E-state index in [2.05, 4.69) is 15.2 Å². The van der Waals surface area contributed by atoms with Crippen LogP contribution >= 0.6 is 11.6 Å². The van der Waals surface area contributed by atoms with Crippen molar-refractivity contribution in [2.75, 3.05) is 37.6 Å². The topological polar surface area (TPSA) is 82.6 Å². The lowest BCUT2D eigenvalue weighted by Crippen LogP contribution is -2.51. The monoisotopic (exact) mass is 386 g/mol. The predicted octanol–water partition coefficient (Wildman–Crippen LogP) is 1.38. The van der Waals surface area contributed by atoms with Crippen LogP contribution in [-0.4, -0.2) is 60.2 Å². The van der Waals surface area contributed by atoms with Crippen LogP contribution in [0.4, 0.5) is 5.69 Å². The highest BCUT2D eigenvalue weighted by molar-refractivity contribution is 6.42. The van der Waals surface area contributed by atoms with Crippen molar-refractivity contribution in [2.24, 2.45) is 0 Å². The molecule has 2 amide bonds. The Hall–Kier alpha value is -2.93. The molecule has 1 saturated heterocycles. The number of piperazine rings is 1. The Kier molecular flexibility index (Phi) is 6.03. The molecule has 1 aromatic carbocycles. The third-order valence-corrected chi connectivity index (χ3v) is 4.68. The Morgan fingerprint density at radius 2 is 1.78 bits per heavy atom. The molecule has 0 spiro atoms. The number of hydrogen-bond donors (Lipinski definition) is 1. The van der Waals surface area contributed by atoms with E-state index in [1.54, 1.807) is 11.0 Å². The van der Waals surface area contributed by atoms with E-state index in [1.807, 2.05) is 24.3 Å². The van der Waals surface area contributed by atoms with Gasteiger partial charge in [-0.2, -0.15) is 0 Å². The van der Waals surface area contributed by atoms with Gasteiger partial charge in [-0.25, -0.2) is 0 Å². The standard InChI is InChI=1S/C19H19ClN4O3/c20-15-5-1-2-6-16(15)23-8-10-24(11-9-23)17(25)13-22-19(27)18(26)14-4-3-7-21-12-14/h1-7,12H,8-11,13H2,(H,22,27). The van der Waals surface area contributed by atoms with Crippen molar-refractivity contribution in [3.8, 4) is 0 Å². The highest BCUT2D eigenvalue weighted by Gasteiger charge is 2.23. The number of nitrogens with one attached hydrogen (secondary N) is 1. The number of para-hydroxylation sites is 1. The zero-order chi connectivity index (χ0) is 19.2. The summed E-state index contributed by atoms with van der Waals surface area (Å²) in [6.07, 6.45) is 2.83. The minimum Gasteiger partial charge on any atom is -0.367 e. The van der Waals surface area contributed by atoms with Crippen molar-refractivity contribution in [2.45, 2.75) is 0 Å². The highest BCUT2D eigenvalue weighted by atomic mass is 35.5. The van der Waals surface area contributed by atoms with Crippen molar-refractivity contribution in [1.29, 1.82) is 0 Å². The maximum atomic E-state index is 12.3. The van der Waals surface area contributed by atoms with Crippen LogP contribution in [0, 0.1) is 0 Å². The lowest BCUT2D eigenvalue weighted by Gasteiger charge is -2.36. The van der Waals surface area contributed by atoms with Gasteiger partial charge in [0.25, 0.3) is 11.7 Å². The molecular formula is C19H19ClN4O3. The van der Waals surface area contributed by atoms with Gasteiger partial charge in [-0.15, -0.1) is 0 Å². The molecule has 1 N–H and O–H groups in total. The average molecular weight is 387 g/mol. The zero-order valence-electron chi connectivity index (χ0n) is 14.6. The number of anilines is 1. The van der Waals surface area contributed by atoms with Crippen LogP contribution in [0.25, 0.3) is 0 Å². The van der Waals surface area contributed by atoms with Crippen molar-refractivity contribution >= 4 is 34.9 Å². The van der Waals surface area contributed by atoms with E-state index in [1.165, 1.54) is 18.5 Å². The molecule has 27 heavy (non-hydrogen) atoms. The quantitative estimate of drug-likeness (QED) is 0.620. The Morgan fingerprint density at radius 3 is 2.44 bits per heavy atom. The molecule has 0 unspecified atom stereocenters. The van der Waals surface area contributed by atoms with Gasteiger partial charge in [0.2, 0.25) is 5.91 Å². The van der Waals surface area contributed by atoms with Gasteiger partial charge in [0, 0.05) is 44.1 Å². The van der Waals surface area contributed by atoms with Gasteiger partial charge in [-0.05, 0) is 24.3 Å². The number of benzene rings is 1. The number of hydrogen-bond acceptors (Lipinski definition) is 5. The van der Waals surface area contributed by atoms with Crippen LogP contribution in [0.5, 0.6) is 0 Å². The molecule has 1 aliphatic heterocycles. The summed E-state index contributed by atoms with van der Waals surface area (Å²) in [5.41, 5.74) is 1.14. The number of aromatic nitrogens is 1. The Morgan fingerprint density at radius 1 is 1.04 bits per heavy atom. The summed E-state index contributed by atoms with van der Waals surface area (Å²) in [5.74, 6) is -1.74. The first-order chi connectivity index (χ1) is 13.1. The smallest absolute Gasteiger partial charge is 0.292 e. The molecule has 7 nitrogen and oxygen atoms in total. The Balaban J connectivity index is 1.48. The minimum atomic E-state index is -0.814. The molecule has 0 bridgehead atoms. The van der Waals surface area contributed by atoms with Gasteiger partial charge in [0.05, 0.1) is 17.3 Å². The van der Waals surface area contributed by atoms with Crippen LogP contribution in [0.3, 0.4) is 0 Å². The predicted molar refractivity (Wildman–Crippen MR) is 102 cm³/mol. The maximum Gasteiger partial charge on any atom is 0.292 e. The SMILES string of the molecule is O=C(NCC(=O)N1CCN(c2ccccc2Cl)CC1)C(=O)c1cccnc1. The first kappa shape index (κ1) is 18.8. The van der Waals surface area contributed by atoms with E-state index >= 15 is 0 Å². The highest BCUT2D eigenvalue weighted by Crippen LogP contribution is 2.25. The van der Waals surface area contributed by atoms with E-state index in [4.69, 9.17) is 11.6 Å². The average Bonchev–Trinajstić information content (AvgIpc) is 2.72. The number of pyridine rings is 1. The molecule has 1 fully saturated rings. The Bertz CT molecular complexity index is 836. The molecule has 3 rings (SSSR count). The fourth-order valence-corrected chi connectivity index (χ4v) is 3.14. The van der Waals surface area contributed by atoms with Crippen LogP contribution in [-0.2, 0) is 9.59 Å². The van der Waals surface area contributed by atoms with E-state index in [9.17, 15) is 14.4 Å². The number of carbonyl (C=O) groups is 3. The normalized spacial score (nSPS) is 14.0. The van der Waals surface area contributed by atoms with E-state index in [0.29, 0.717) is 31.2 Å². The summed E-state index contributed by atoms with van der Waals surface area (Å²) in [6, 6.07) is 10.7. The summed E-state index contributed by atoms with van der Waals surface area (Å²) < 4.78 is 0. The summed E-state index contributed by atoms with van der Waals surface area (Å²) >= 11 is 6.22. The number of ketones is 1. The van der Waals surface area contributed by atoms with Crippen molar-refractivity contribution in [3.05, 3.63) is 59.4 Å². The van der Waals surface area contributed by atoms with Crippen molar-refractivity contribution < 1.29 is 14.4 Å². The maximum absolute atomic E-state index is 12.3. The fourth-order valence-electron chi connectivity index (χ4n) is 2.88. The molecule has 0 aliphatic carbocycles. The van der Waals surface area contributed by atoms with Gasteiger partial charge >= 0.3 is 0 Å². The van der Waals surface area contributed by atoms with E-state index in [0.717, 1.165) is 5.69 Å². The number of Topliss-reactive ketones (excluding diaryl/α,β-unsaturated/α-hetero) is 1. The van der Waals surface area contributed by atoms with E-state index < -0.39 is 11.7 Å². The summed E-state index contributed by atoms with van der Waals surface area (Å²) in [7, 11) is 0. The van der Waals surface area contributed by atoms with Gasteiger partial charge in [0.1, 0.15) is 0 Å². The van der Waals surface area contributed by atoms with Crippen LogP contribution in [0.1, 0.15) is 10.4 Å². The van der Waals surface area contributed by atoms with Gasteiger partial charge in [-0.1, -0.05) is 23.7 Å². The summed E-state index contributed by atoms with van der Waals surface area (Å²) in [6.45, 7) is 2.14. The third-order valence-electron chi connectivity index (χ3n) is 4.36. The van der Waals surface area contributed by atoms with Crippen LogP contribution < -0.4 is 10.2 Å². The molecule has 8 heteroatoms. The second-order valence-corrected chi connectivity index (χ2v) is 6.48. The molecule has 0 radical (unpaired) electrons. The third kappa shape index (κ3) is 4.62. The molecule has 1 aliphatic rings. The number of nitrogens with zero attached hydrogens (tertiary/aromatic N) is 3. The zero-order valence-corrected chi connectivity index (χ0v) is 15.4. The number of halogens is 1. The first-order valence-electron chi connectivity index (χ1n) is 8.56. The lowest BCUT2D eigenvalue weighted by atomic mass is 10.2. The molecule has 2 heterocycles. The fraction of sp³-hybridized carbons (Fsp3) is 0.263. The molecular weight excluding hydrogens is 368 g/mol. The molecule has 0 atom stereocenters. The van der Waals surface area contributed by atoms with Crippen LogP contribution in [0.2, 0.25) is 5.02 Å². The van der Waals surface area contributed by atoms with Gasteiger partial charge < -0.3 is 15.1 Å². The number of rotatable bonds is 5. The largest absolute Gasteiger partial charge is 0.367 e. The van der Waals surface area contributed by atoms with Gasteiger partial charge in [-0.3, -0.25) is 19.4 Å². The number of amides is 2. The Labute approximate surface area is 161 Å². The lowest BCUT2D eigenvalue weighted by molar-refractivity contribution is -0.132. The second kappa shape index (κ2) is 8.64. The first-order valence-corrected chi connectivity index (χ1v) is 8.94. The molecule has 2 aromatic rings. The summed E-state index contributed by atoms with van der Waals surface area (Å²) in [5, 5.41) is 3.07. The molecule has 0 saturated carbocycles. The van der Waals surface area contributed by atoms with Crippen molar-refractivity contribution in [1.82, 2.24) is 15.2 Å². The minimum absolute atomic E-state index is 0.191. The molecule has 140 valence electrons. The van der Waals surface area contributed by atoms with Crippen molar-refractivity contribution in [3.63, 3.8) is 0 Å². The second-order valence-electron chi connectivity index (χ2n) is 6.07. The van der Waals surface area contributed by atoms with Gasteiger partial charge in [0.15, 0.2) is 0 Å². The van der Waals surface area contributed by atoms with Crippen LogP contribution in [0.15, 0.2) is 48.8 Å². The summed E-state index contributed by atoms with van der Waals surface area (Å²) in [4.78, 5) is 43.8. The molecule has 1 aromatic heterocycles. The number of carbonyl (C=O) groups excluding carboxylic acids is 3. The van der Waals surface area contributed by atoms with E-state index in [-0.39, 0.29) is 18.0 Å².